The second-order valence-electron chi connectivity index (χ2n) is 7.69. The van der Waals surface area contributed by atoms with Crippen LogP contribution in [0.1, 0.15) is 18.1 Å². The summed E-state index contributed by atoms with van der Waals surface area (Å²) < 4.78 is 49.2. The number of benzene rings is 3. The lowest BCUT2D eigenvalue weighted by atomic mass is 10.2. The van der Waals surface area contributed by atoms with E-state index in [0.717, 1.165) is 12.1 Å². The van der Waals surface area contributed by atoms with Crippen molar-refractivity contribution in [3.8, 4) is 11.5 Å². The SMILES string of the molecule is CCOc1ccccc1NC(=O)C(=O)N/N=C\c1ccc(OCC(=O)Nc2cccc(C(F)(F)F)c2)c(Cl)c1. The Morgan fingerprint density at radius 3 is 2.41 bits per heavy atom. The van der Waals surface area contributed by atoms with Crippen LogP contribution < -0.4 is 25.5 Å². The number of hydrogen-bond acceptors (Lipinski definition) is 6. The molecular weight excluding hydrogens is 541 g/mol. The van der Waals surface area contributed by atoms with Crippen molar-refractivity contribution in [1.82, 2.24) is 5.43 Å². The van der Waals surface area contributed by atoms with Crippen molar-refractivity contribution in [2.75, 3.05) is 23.8 Å². The quantitative estimate of drug-likeness (QED) is 0.195. The third-order valence-electron chi connectivity index (χ3n) is 4.81. The summed E-state index contributed by atoms with van der Waals surface area (Å²) >= 11 is 6.16. The summed E-state index contributed by atoms with van der Waals surface area (Å²) in [5.74, 6) is -2.13. The molecule has 0 aromatic heterocycles. The fourth-order valence-corrected chi connectivity index (χ4v) is 3.32. The van der Waals surface area contributed by atoms with Crippen molar-refractivity contribution < 1.29 is 37.0 Å². The van der Waals surface area contributed by atoms with E-state index in [4.69, 9.17) is 21.1 Å². The van der Waals surface area contributed by atoms with Crippen LogP contribution in [0.15, 0.2) is 71.8 Å². The second kappa shape index (κ2) is 13.3. The first-order valence-corrected chi connectivity index (χ1v) is 11.7. The number of para-hydroxylation sites is 2. The Morgan fingerprint density at radius 2 is 1.69 bits per heavy atom. The van der Waals surface area contributed by atoms with Gasteiger partial charge in [-0.15, -0.1) is 0 Å². The molecule has 0 saturated carbocycles. The number of alkyl halides is 3. The predicted octanol–water partition coefficient (Wildman–Crippen LogP) is 4.86. The molecule has 204 valence electrons. The topological polar surface area (TPSA) is 118 Å². The third kappa shape index (κ3) is 8.75. The summed E-state index contributed by atoms with van der Waals surface area (Å²) in [4.78, 5) is 36.3. The van der Waals surface area contributed by atoms with Crippen molar-refractivity contribution in [3.63, 3.8) is 0 Å². The van der Waals surface area contributed by atoms with Gasteiger partial charge in [-0.05, 0) is 61.0 Å². The lowest BCUT2D eigenvalue weighted by Crippen LogP contribution is -2.32. The molecule has 9 nitrogen and oxygen atoms in total. The number of carbonyl (C=O) groups is 3. The van der Waals surface area contributed by atoms with Gasteiger partial charge in [-0.3, -0.25) is 14.4 Å². The minimum atomic E-state index is -4.54. The van der Waals surface area contributed by atoms with Gasteiger partial charge in [-0.1, -0.05) is 29.8 Å². The van der Waals surface area contributed by atoms with Crippen molar-refractivity contribution in [2.24, 2.45) is 5.10 Å². The van der Waals surface area contributed by atoms with Gasteiger partial charge in [0.05, 0.1) is 29.1 Å². The number of rotatable bonds is 9. The minimum Gasteiger partial charge on any atom is -0.492 e. The lowest BCUT2D eigenvalue weighted by Gasteiger charge is -2.11. The molecule has 0 aliphatic carbocycles. The molecule has 3 rings (SSSR count). The molecule has 0 saturated heterocycles. The smallest absolute Gasteiger partial charge is 0.416 e. The number of amides is 3. The van der Waals surface area contributed by atoms with Crippen LogP contribution in [0.4, 0.5) is 24.5 Å². The van der Waals surface area contributed by atoms with Crippen LogP contribution in [0.3, 0.4) is 0 Å². The van der Waals surface area contributed by atoms with Gasteiger partial charge in [-0.25, -0.2) is 5.43 Å². The van der Waals surface area contributed by atoms with E-state index in [2.05, 4.69) is 21.2 Å². The number of ether oxygens (including phenoxy) is 2. The average Bonchev–Trinajstić information content (AvgIpc) is 2.89. The van der Waals surface area contributed by atoms with Gasteiger partial charge < -0.3 is 20.1 Å². The normalized spacial score (nSPS) is 11.1. The largest absolute Gasteiger partial charge is 0.492 e. The van der Waals surface area contributed by atoms with Crippen LogP contribution in [-0.2, 0) is 20.6 Å². The molecule has 0 radical (unpaired) electrons. The average molecular weight is 563 g/mol. The Morgan fingerprint density at radius 1 is 0.923 bits per heavy atom. The van der Waals surface area contributed by atoms with Gasteiger partial charge >= 0.3 is 18.0 Å². The Bertz CT molecular complexity index is 1380. The highest BCUT2D eigenvalue weighted by Gasteiger charge is 2.30. The van der Waals surface area contributed by atoms with Gasteiger partial charge in [0.25, 0.3) is 5.91 Å². The van der Waals surface area contributed by atoms with Gasteiger partial charge in [-0.2, -0.15) is 18.3 Å². The summed E-state index contributed by atoms with van der Waals surface area (Å²) in [6, 6.07) is 15.2. The Labute approximate surface area is 225 Å². The van der Waals surface area contributed by atoms with Crippen LogP contribution >= 0.6 is 11.6 Å². The van der Waals surface area contributed by atoms with E-state index in [0.29, 0.717) is 23.6 Å². The number of anilines is 2. The number of nitrogens with zero attached hydrogens (tertiary/aromatic N) is 1. The van der Waals surface area contributed by atoms with E-state index in [1.54, 1.807) is 31.2 Å². The van der Waals surface area contributed by atoms with E-state index >= 15 is 0 Å². The molecule has 0 spiro atoms. The second-order valence-corrected chi connectivity index (χ2v) is 8.09. The Hall–Kier alpha value is -4.58. The van der Waals surface area contributed by atoms with Gasteiger partial charge in [0, 0.05) is 5.69 Å². The van der Waals surface area contributed by atoms with E-state index in [9.17, 15) is 27.6 Å². The molecule has 0 fully saturated rings. The van der Waals surface area contributed by atoms with Crippen LogP contribution in [0.2, 0.25) is 5.02 Å². The first-order valence-electron chi connectivity index (χ1n) is 11.3. The van der Waals surface area contributed by atoms with Crippen molar-refractivity contribution in [2.45, 2.75) is 13.1 Å². The first kappa shape index (κ1) is 29.0. The van der Waals surface area contributed by atoms with Crippen molar-refractivity contribution in [1.29, 1.82) is 0 Å². The zero-order valence-electron chi connectivity index (χ0n) is 20.3. The molecule has 13 heteroatoms. The monoisotopic (exact) mass is 562 g/mol. The third-order valence-corrected chi connectivity index (χ3v) is 5.10. The molecule has 0 unspecified atom stereocenters. The highest BCUT2D eigenvalue weighted by Crippen LogP contribution is 2.31. The van der Waals surface area contributed by atoms with Crippen LogP contribution in [-0.4, -0.2) is 37.1 Å². The highest BCUT2D eigenvalue weighted by atomic mass is 35.5. The first-order chi connectivity index (χ1) is 18.6. The molecule has 39 heavy (non-hydrogen) atoms. The zero-order chi connectivity index (χ0) is 28.4. The van der Waals surface area contributed by atoms with Crippen LogP contribution in [0.25, 0.3) is 0 Å². The van der Waals surface area contributed by atoms with Crippen LogP contribution in [0.5, 0.6) is 11.5 Å². The highest BCUT2D eigenvalue weighted by molar-refractivity contribution is 6.39. The summed E-state index contributed by atoms with van der Waals surface area (Å²) in [5, 5.41) is 8.58. The summed E-state index contributed by atoms with van der Waals surface area (Å²) in [6.07, 6.45) is -3.31. The van der Waals surface area contributed by atoms with Crippen LogP contribution in [0, 0.1) is 0 Å². The molecule has 3 aromatic carbocycles. The fourth-order valence-electron chi connectivity index (χ4n) is 3.07. The zero-order valence-corrected chi connectivity index (χ0v) is 21.1. The van der Waals surface area contributed by atoms with Gasteiger partial charge in [0.2, 0.25) is 0 Å². The van der Waals surface area contributed by atoms with Gasteiger partial charge in [0.15, 0.2) is 6.61 Å². The fraction of sp³-hybridized carbons (Fsp3) is 0.154. The van der Waals surface area contributed by atoms with E-state index < -0.39 is 36.1 Å². The molecule has 3 aromatic rings. The standard InChI is InChI=1S/C26H22ClF3N4O5/c1-2-38-22-9-4-3-8-20(22)33-24(36)25(37)34-31-14-16-10-11-21(19(27)12-16)39-15-23(35)32-18-7-5-6-17(13-18)26(28,29)30/h3-14H,2,15H2,1H3,(H,32,35)(H,33,36)(H,34,37)/b31-14-. The van der Waals surface area contributed by atoms with Gasteiger partial charge in [0.1, 0.15) is 11.5 Å². The van der Waals surface area contributed by atoms with Crippen molar-refractivity contribution >= 4 is 46.9 Å². The lowest BCUT2D eigenvalue weighted by molar-refractivity contribution is -0.137. The number of nitrogens with one attached hydrogen (secondary N) is 3. The maximum Gasteiger partial charge on any atom is 0.416 e. The molecule has 0 atom stereocenters. The molecule has 0 aliphatic rings. The Balaban J connectivity index is 1.50. The predicted molar refractivity (Wildman–Crippen MR) is 139 cm³/mol. The number of carbonyl (C=O) groups excluding carboxylic acids is 3. The Kier molecular flexibility index (Phi) is 9.87. The number of hydrazone groups is 1. The summed E-state index contributed by atoms with van der Waals surface area (Å²) in [6.45, 7) is 1.65. The number of halogens is 4. The van der Waals surface area contributed by atoms with Crippen molar-refractivity contribution in [3.05, 3.63) is 82.9 Å². The molecular formula is C26H22ClF3N4O5. The van der Waals surface area contributed by atoms with E-state index in [1.165, 1.54) is 36.5 Å². The minimum absolute atomic E-state index is 0.0367. The van der Waals surface area contributed by atoms with E-state index in [-0.39, 0.29) is 16.5 Å². The molecule has 0 aliphatic heterocycles. The molecule has 3 amide bonds. The summed E-state index contributed by atoms with van der Waals surface area (Å²) in [7, 11) is 0. The number of hydrogen-bond donors (Lipinski definition) is 3. The molecule has 3 N–H and O–H groups in total. The molecule has 0 heterocycles. The summed E-state index contributed by atoms with van der Waals surface area (Å²) in [5.41, 5.74) is 1.92. The maximum absolute atomic E-state index is 12.8. The maximum atomic E-state index is 12.8. The molecule has 0 bridgehead atoms. The van der Waals surface area contributed by atoms with E-state index in [1.807, 2.05) is 0 Å².